The van der Waals surface area contributed by atoms with Crippen LogP contribution in [0.2, 0.25) is 0 Å². The maximum atomic E-state index is 12.6. The third-order valence-electron chi connectivity index (χ3n) is 13.7. The van der Waals surface area contributed by atoms with Crippen LogP contribution in [0.4, 0.5) is 0 Å². The Balaban J connectivity index is 0.00000323. The number of aliphatic hydroxyl groups is 1. The lowest BCUT2D eigenvalue weighted by Gasteiger charge is -2.62. The average molecular weight is 622 g/mol. The molecule has 4 aliphatic carbocycles. The summed E-state index contributed by atoms with van der Waals surface area (Å²) in [6, 6.07) is 0.749. The molecule has 2 heterocycles. The topological polar surface area (TPSA) is 49.8 Å². The van der Waals surface area contributed by atoms with E-state index < -0.39 is 0 Å². The van der Waals surface area contributed by atoms with Crippen molar-refractivity contribution in [2.45, 2.75) is 129 Å². The molecule has 0 amide bonds. The van der Waals surface area contributed by atoms with Gasteiger partial charge in [0, 0.05) is 24.8 Å². The van der Waals surface area contributed by atoms with Crippen LogP contribution >= 0.6 is 0 Å². The number of rotatable bonds is 5. The number of fused-ring (bicyclic) bond motifs is 5. The zero-order valence-electron chi connectivity index (χ0n) is 25.7. The van der Waals surface area contributed by atoms with Crippen LogP contribution in [0, 0.1) is 34.5 Å². The third kappa shape index (κ3) is 5.07. The summed E-state index contributed by atoms with van der Waals surface area (Å²) in [4.78, 5) is 15.2. The van der Waals surface area contributed by atoms with E-state index in [1.54, 1.807) is 6.92 Å². The Morgan fingerprint density at radius 2 is 1.70 bits per heavy atom. The maximum Gasteiger partial charge on any atom is 0.303 e. The van der Waals surface area contributed by atoms with Crippen molar-refractivity contribution in [3.05, 3.63) is 12.7 Å². The SMILES string of the molecule is C=CC[N+]1(C2C[C@H]3[C@@H]4CCC5CC(O)C(N6CCCCC6)C[C@]5(C)[C@@H]4CC[C@]3(C)C2OC(C)=O)CCCCC1.[Br-]. The van der Waals surface area contributed by atoms with Crippen LogP contribution in [0.25, 0.3) is 0 Å². The lowest BCUT2D eigenvalue weighted by Crippen LogP contribution is -3.00. The second kappa shape index (κ2) is 11.9. The summed E-state index contributed by atoms with van der Waals surface area (Å²) < 4.78 is 7.51. The molecule has 0 spiro atoms. The van der Waals surface area contributed by atoms with Crippen LogP contribution in [0.3, 0.4) is 0 Å². The fraction of sp³-hybridized carbons (Fsp3) is 0.912. The van der Waals surface area contributed by atoms with Gasteiger partial charge in [0.05, 0.1) is 25.7 Å². The first-order chi connectivity index (χ1) is 18.7. The van der Waals surface area contributed by atoms with E-state index >= 15 is 0 Å². The van der Waals surface area contributed by atoms with Gasteiger partial charge in [0.1, 0.15) is 6.04 Å². The Morgan fingerprint density at radius 1 is 1.00 bits per heavy atom. The van der Waals surface area contributed by atoms with Gasteiger partial charge < -0.3 is 31.3 Å². The Morgan fingerprint density at radius 3 is 2.38 bits per heavy atom. The van der Waals surface area contributed by atoms with Gasteiger partial charge in [-0.1, -0.05) is 26.8 Å². The van der Waals surface area contributed by atoms with Crippen molar-refractivity contribution in [1.29, 1.82) is 0 Å². The van der Waals surface area contributed by atoms with Gasteiger partial charge in [0.15, 0.2) is 6.10 Å². The highest BCUT2D eigenvalue weighted by Gasteiger charge is 2.67. The number of quaternary nitrogens is 1. The number of esters is 1. The highest BCUT2D eigenvalue weighted by molar-refractivity contribution is 5.66. The standard InChI is InChI=1S/C34H57N2O3.BrH/c1-5-18-36(19-10-7-11-20-36)30-22-28-26-13-12-25-21-31(38)29(35-16-8-6-9-17-35)23-34(25,4)27(26)14-15-33(28,3)32(30)39-24(2)37;/h5,25-32,38H,1,6-23H2,2-4H3;1H/q+1;/p-1/t25?,26-,27-,28+,29?,30?,31?,32?,33+,34+;/m1./s1. The average Bonchev–Trinajstić information content (AvgIpc) is 3.22. The lowest BCUT2D eigenvalue weighted by atomic mass is 9.44. The van der Waals surface area contributed by atoms with Gasteiger partial charge in [-0.3, -0.25) is 9.69 Å². The molecule has 228 valence electrons. The first-order valence-corrected chi connectivity index (χ1v) is 16.8. The molecule has 1 N–H and O–H groups in total. The van der Waals surface area contributed by atoms with Crippen molar-refractivity contribution in [1.82, 2.24) is 4.90 Å². The largest absolute Gasteiger partial charge is 1.00 e. The van der Waals surface area contributed by atoms with Gasteiger partial charge >= 0.3 is 5.97 Å². The van der Waals surface area contributed by atoms with Gasteiger partial charge in [-0.15, -0.1) is 0 Å². The van der Waals surface area contributed by atoms with Crippen molar-refractivity contribution >= 4 is 5.97 Å². The predicted octanol–water partition coefficient (Wildman–Crippen LogP) is 2.96. The zero-order chi connectivity index (χ0) is 27.4. The van der Waals surface area contributed by atoms with Crippen LogP contribution in [-0.2, 0) is 9.53 Å². The van der Waals surface area contributed by atoms with E-state index in [0.717, 1.165) is 29.3 Å². The summed E-state index contributed by atoms with van der Waals surface area (Å²) in [6.07, 6.45) is 18.2. The lowest BCUT2D eigenvalue weighted by molar-refractivity contribution is -0.952. The maximum absolute atomic E-state index is 12.6. The highest BCUT2D eigenvalue weighted by atomic mass is 79.9. The number of aliphatic hydroxyl groups excluding tert-OH is 1. The molecule has 5 nitrogen and oxygen atoms in total. The predicted molar refractivity (Wildman–Crippen MR) is 156 cm³/mol. The van der Waals surface area contributed by atoms with Gasteiger partial charge in [-0.05, 0) is 119 Å². The van der Waals surface area contributed by atoms with Gasteiger partial charge in [0.2, 0.25) is 0 Å². The number of carbonyl (C=O) groups is 1. The molecule has 0 aromatic heterocycles. The molecule has 0 aromatic rings. The molecular weight excluding hydrogens is 564 g/mol. The first-order valence-electron chi connectivity index (χ1n) is 16.8. The van der Waals surface area contributed by atoms with Crippen LogP contribution in [0.5, 0.6) is 0 Å². The smallest absolute Gasteiger partial charge is 0.303 e. The zero-order valence-corrected chi connectivity index (χ0v) is 27.3. The number of ether oxygens (including phenoxy) is 1. The Kier molecular flexibility index (Phi) is 9.24. The summed E-state index contributed by atoms with van der Waals surface area (Å²) in [6.45, 7) is 16.7. The van der Waals surface area contributed by atoms with Crippen molar-refractivity contribution in [3.8, 4) is 0 Å². The molecule has 6 heteroatoms. The molecular formula is C34H57BrN2O3. The van der Waals surface area contributed by atoms with Crippen molar-refractivity contribution < 1.29 is 36.1 Å². The summed E-state index contributed by atoms with van der Waals surface area (Å²) in [5, 5.41) is 11.3. The molecule has 0 radical (unpaired) electrons. The normalized spacial score (nSPS) is 46.7. The number of hydrogen-bond acceptors (Lipinski definition) is 4. The number of nitrogens with zero attached hydrogens (tertiary/aromatic N) is 2. The third-order valence-corrected chi connectivity index (χ3v) is 13.7. The highest BCUT2D eigenvalue weighted by Crippen LogP contribution is 2.67. The van der Waals surface area contributed by atoms with Crippen molar-refractivity contribution in [3.63, 3.8) is 0 Å². The van der Waals surface area contributed by atoms with Crippen LogP contribution in [-0.4, -0.2) is 77.5 Å². The minimum atomic E-state index is -0.154. The molecule has 6 aliphatic rings. The molecule has 6 fully saturated rings. The van der Waals surface area contributed by atoms with E-state index in [-0.39, 0.29) is 40.6 Å². The Hall–Kier alpha value is -0.430. The van der Waals surface area contributed by atoms with Gasteiger partial charge in [-0.25, -0.2) is 0 Å². The van der Waals surface area contributed by atoms with E-state index in [2.05, 4.69) is 31.4 Å². The monoisotopic (exact) mass is 620 g/mol. The fourth-order valence-electron chi connectivity index (χ4n) is 11.8. The molecule has 10 atom stereocenters. The summed E-state index contributed by atoms with van der Waals surface area (Å²) in [7, 11) is 0. The minimum absolute atomic E-state index is 0. The summed E-state index contributed by atoms with van der Waals surface area (Å²) >= 11 is 0. The Bertz CT molecular complexity index is 917. The van der Waals surface area contributed by atoms with E-state index in [1.807, 2.05) is 0 Å². The molecule has 2 saturated heterocycles. The number of carbonyl (C=O) groups excluding carboxylic acids is 1. The second-order valence-electron chi connectivity index (χ2n) is 15.4. The van der Waals surface area contributed by atoms with Crippen LogP contribution in [0.15, 0.2) is 12.7 Å². The van der Waals surface area contributed by atoms with E-state index in [4.69, 9.17) is 4.74 Å². The molecule has 5 unspecified atom stereocenters. The van der Waals surface area contributed by atoms with Crippen molar-refractivity contribution in [2.24, 2.45) is 34.5 Å². The Labute approximate surface area is 254 Å². The quantitative estimate of drug-likeness (QED) is 0.292. The molecule has 4 saturated carbocycles. The van der Waals surface area contributed by atoms with Crippen molar-refractivity contribution in [2.75, 3.05) is 32.7 Å². The molecule has 0 bridgehead atoms. The number of halogens is 1. The van der Waals surface area contributed by atoms with Gasteiger partial charge in [0.25, 0.3) is 0 Å². The number of piperidine rings is 2. The van der Waals surface area contributed by atoms with E-state index in [9.17, 15) is 9.90 Å². The van der Waals surface area contributed by atoms with Crippen LogP contribution in [0.1, 0.15) is 104 Å². The van der Waals surface area contributed by atoms with E-state index in [0.29, 0.717) is 29.3 Å². The molecule has 2 aliphatic heterocycles. The summed E-state index contributed by atoms with van der Waals surface area (Å²) in [5.41, 5.74) is 0.393. The minimum Gasteiger partial charge on any atom is -1.00 e. The first kappa shape index (κ1) is 31.0. The molecule has 6 rings (SSSR count). The molecule has 40 heavy (non-hydrogen) atoms. The number of hydrogen-bond donors (Lipinski definition) is 1. The summed E-state index contributed by atoms with van der Waals surface area (Å²) in [5.74, 6) is 2.65. The van der Waals surface area contributed by atoms with Gasteiger partial charge in [-0.2, -0.15) is 0 Å². The molecule has 0 aromatic carbocycles. The number of likely N-dealkylation sites (tertiary alicyclic amines) is 2. The van der Waals surface area contributed by atoms with E-state index in [1.165, 1.54) is 103 Å². The van der Waals surface area contributed by atoms with Crippen LogP contribution < -0.4 is 17.0 Å². The fourth-order valence-corrected chi connectivity index (χ4v) is 11.8. The second-order valence-corrected chi connectivity index (χ2v) is 15.4.